The molecule has 10 nitrogen and oxygen atoms in total. The second-order valence-electron chi connectivity index (χ2n) is 8.65. The molecule has 2 heterocycles. The van der Waals surface area contributed by atoms with Gasteiger partial charge >= 0.3 is 0 Å². The molecule has 13 heteroatoms. The zero-order valence-corrected chi connectivity index (χ0v) is 21.4. The van der Waals surface area contributed by atoms with Crippen molar-refractivity contribution < 1.29 is 27.9 Å². The predicted octanol–water partition coefficient (Wildman–Crippen LogP) is 2.52. The van der Waals surface area contributed by atoms with Gasteiger partial charge in [-0.25, -0.2) is 9.37 Å². The normalized spacial score (nSPS) is 13.9. The smallest absolute Gasteiger partial charge is 0.291 e. The molecule has 1 aliphatic rings. The average Bonchev–Trinajstić information content (AvgIpc) is 3.26. The Morgan fingerprint density at radius 3 is 2.45 bits per heavy atom. The van der Waals surface area contributed by atoms with Gasteiger partial charge < -0.3 is 25.3 Å². The fraction of sp³-hybridized carbons (Fsp3) is 0.280. The molecule has 3 amide bonds. The van der Waals surface area contributed by atoms with E-state index < -0.39 is 23.4 Å². The van der Waals surface area contributed by atoms with Crippen LogP contribution in [0.15, 0.2) is 36.5 Å². The molecule has 0 bridgehead atoms. The van der Waals surface area contributed by atoms with Crippen molar-refractivity contribution in [3.05, 3.63) is 64.6 Å². The highest BCUT2D eigenvalue weighted by Crippen LogP contribution is 2.30. The molecule has 1 aliphatic heterocycles. The van der Waals surface area contributed by atoms with E-state index in [9.17, 15) is 23.2 Å². The van der Waals surface area contributed by atoms with Crippen LogP contribution in [0.5, 0.6) is 5.75 Å². The van der Waals surface area contributed by atoms with Crippen LogP contribution in [-0.2, 0) is 11.8 Å². The molecule has 2 aromatic carbocycles. The van der Waals surface area contributed by atoms with Gasteiger partial charge in [0.25, 0.3) is 11.8 Å². The summed E-state index contributed by atoms with van der Waals surface area (Å²) in [5.41, 5.74) is 5.91. The number of halogens is 3. The van der Waals surface area contributed by atoms with Gasteiger partial charge in [-0.2, -0.15) is 4.39 Å². The molecule has 3 aromatic rings. The van der Waals surface area contributed by atoms with Gasteiger partial charge in [-0.15, -0.1) is 0 Å². The number of methoxy groups -OCH3 is 1. The van der Waals surface area contributed by atoms with Crippen LogP contribution in [0.3, 0.4) is 0 Å². The fourth-order valence-corrected chi connectivity index (χ4v) is 4.47. The van der Waals surface area contributed by atoms with Crippen molar-refractivity contribution in [2.45, 2.75) is 0 Å². The molecule has 0 radical (unpaired) electrons. The molecule has 1 fully saturated rings. The first-order chi connectivity index (χ1) is 18.1. The maximum atomic E-state index is 14.6. The molecule has 0 aliphatic carbocycles. The van der Waals surface area contributed by atoms with Crippen LogP contribution in [0.1, 0.15) is 21.0 Å². The number of nitrogens with one attached hydrogen (secondary N) is 1. The van der Waals surface area contributed by atoms with Gasteiger partial charge in [-0.3, -0.25) is 19.3 Å². The standard InChI is InChI=1S/C25H25ClF2N6O4/c1-32-18(16-5-6-19(38-2)22(28)21(16)27)12-30-23(32)24(36)31-14-3-4-15(17(26)11-14)25(37)34-9-7-33(8-10-34)13-20(29)35/h3-6,11-12H,7-10,13H2,1-2H3,(H2,29,35)(H,31,36). The zero-order chi connectivity index (χ0) is 27.6. The van der Waals surface area contributed by atoms with Gasteiger partial charge in [0.2, 0.25) is 11.7 Å². The molecule has 1 saturated heterocycles. The number of carbonyl (C=O) groups excluding carboxylic acids is 3. The SMILES string of the molecule is COc1ccc(-c2cnc(C(=O)Nc3ccc(C(=O)N4CCN(CC(N)=O)CC4)c(Cl)c3)n2C)c(F)c1F. The third-order valence-electron chi connectivity index (χ3n) is 6.23. The number of anilines is 1. The van der Waals surface area contributed by atoms with E-state index in [4.69, 9.17) is 22.1 Å². The summed E-state index contributed by atoms with van der Waals surface area (Å²) in [4.78, 5) is 44.5. The van der Waals surface area contributed by atoms with Crippen LogP contribution in [0.2, 0.25) is 5.02 Å². The molecule has 0 spiro atoms. The van der Waals surface area contributed by atoms with E-state index >= 15 is 0 Å². The molecule has 3 N–H and O–H groups in total. The van der Waals surface area contributed by atoms with Gasteiger partial charge in [-0.05, 0) is 30.3 Å². The Morgan fingerprint density at radius 2 is 1.82 bits per heavy atom. The highest BCUT2D eigenvalue weighted by Gasteiger charge is 2.25. The minimum atomic E-state index is -1.14. The van der Waals surface area contributed by atoms with E-state index in [1.165, 1.54) is 55.3 Å². The molecule has 38 heavy (non-hydrogen) atoms. The van der Waals surface area contributed by atoms with E-state index in [-0.39, 0.29) is 45.9 Å². The number of primary amides is 1. The van der Waals surface area contributed by atoms with E-state index in [0.717, 1.165) is 0 Å². The van der Waals surface area contributed by atoms with Crippen LogP contribution < -0.4 is 15.8 Å². The molecular weight excluding hydrogens is 522 g/mol. The van der Waals surface area contributed by atoms with Gasteiger partial charge in [0.05, 0.1) is 36.1 Å². The maximum absolute atomic E-state index is 14.6. The monoisotopic (exact) mass is 546 g/mol. The lowest BCUT2D eigenvalue weighted by atomic mass is 10.1. The van der Waals surface area contributed by atoms with Crippen molar-refractivity contribution in [2.24, 2.45) is 12.8 Å². The molecule has 1 aromatic heterocycles. The molecule has 0 atom stereocenters. The summed E-state index contributed by atoms with van der Waals surface area (Å²) in [6.07, 6.45) is 1.26. The Morgan fingerprint density at radius 1 is 1.11 bits per heavy atom. The highest BCUT2D eigenvalue weighted by atomic mass is 35.5. The fourth-order valence-electron chi connectivity index (χ4n) is 4.21. The Kier molecular flexibility index (Phi) is 7.93. The predicted molar refractivity (Wildman–Crippen MR) is 136 cm³/mol. The summed E-state index contributed by atoms with van der Waals surface area (Å²) in [5, 5.41) is 2.79. The number of hydrogen-bond acceptors (Lipinski definition) is 6. The van der Waals surface area contributed by atoms with Crippen LogP contribution in [-0.4, -0.2) is 76.9 Å². The molecule has 4 rings (SSSR count). The summed E-state index contributed by atoms with van der Waals surface area (Å²) in [7, 11) is 2.73. The molecule has 0 unspecified atom stereocenters. The van der Waals surface area contributed by atoms with Crippen LogP contribution in [0.4, 0.5) is 14.5 Å². The Balaban J connectivity index is 1.45. The van der Waals surface area contributed by atoms with Crippen molar-refractivity contribution >= 4 is 35.0 Å². The van der Waals surface area contributed by atoms with Gasteiger partial charge in [0, 0.05) is 44.5 Å². The minimum absolute atomic E-state index is 0.0549. The van der Waals surface area contributed by atoms with Crippen LogP contribution in [0.25, 0.3) is 11.3 Å². The van der Waals surface area contributed by atoms with Crippen LogP contribution >= 0.6 is 11.6 Å². The van der Waals surface area contributed by atoms with Crippen molar-refractivity contribution in [1.82, 2.24) is 19.4 Å². The third-order valence-corrected chi connectivity index (χ3v) is 6.54. The number of nitrogens with zero attached hydrogens (tertiary/aromatic N) is 4. The zero-order valence-electron chi connectivity index (χ0n) is 20.6. The lowest BCUT2D eigenvalue weighted by Crippen LogP contribution is -2.50. The Hall–Kier alpha value is -4.03. The third kappa shape index (κ3) is 5.46. The van der Waals surface area contributed by atoms with E-state index in [1.54, 1.807) is 4.90 Å². The average molecular weight is 547 g/mol. The molecular formula is C25H25ClF2N6O4. The number of amides is 3. The van der Waals surface area contributed by atoms with Gasteiger partial charge in [0.1, 0.15) is 0 Å². The summed E-state index contributed by atoms with van der Waals surface area (Å²) in [6, 6.07) is 7.10. The molecule has 200 valence electrons. The number of rotatable bonds is 7. The maximum Gasteiger partial charge on any atom is 0.291 e. The number of carbonyl (C=O) groups is 3. The van der Waals surface area contributed by atoms with Crippen molar-refractivity contribution in [3.8, 4) is 17.0 Å². The van der Waals surface area contributed by atoms with Crippen molar-refractivity contribution in [3.63, 3.8) is 0 Å². The van der Waals surface area contributed by atoms with Gasteiger partial charge in [-0.1, -0.05) is 11.6 Å². The van der Waals surface area contributed by atoms with Gasteiger partial charge in [0.15, 0.2) is 17.4 Å². The number of benzene rings is 2. The highest BCUT2D eigenvalue weighted by molar-refractivity contribution is 6.34. The number of imidazole rings is 1. The summed E-state index contributed by atoms with van der Waals surface area (Å²) in [5.74, 6) is -3.87. The lowest BCUT2D eigenvalue weighted by Gasteiger charge is -2.34. The Labute approximate surface area is 221 Å². The first-order valence-electron chi connectivity index (χ1n) is 11.6. The second kappa shape index (κ2) is 11.2. The topological polar surface area (TPSA) is 123 Å². The minimum Gasteiger partial charge on any atom is -0.494 e. The summed E-state index contributed by atoms with van der Waals surface area (Å²) < 4.78 is 34.9. The first kappa shape index (κ1) is 27.0. The number of ether oxygens (including phenoxy) is 1. The first-order valence-corrected chi connectivity index (χ1v) is 11.9. The second-order valence-corrected chi connectivity index (χ2v) is 9.06. The van der Waals surface area contributed by atoms with E-state index in [1.807, 2.05) is 4.90 Å². The summed E-state index contributed by atoms with van der Waals surface area (Å²) >= 11 is 6.36. The quantitative estimate of drug-likeness (QED) is 0.469. The number of nitrogens with two attached hydrogens (primary N) is 1. The van der Waals surface area contributed by atoms with E-state index in [0.29, 0.717) is 31.9 Å². The van der Waals surface area contributed by atoms with Crippen LogP contribution in [0, 0.1) is 11.6 Å². The summed E-state index contributed by atoms with van der Waals surface area (Å²) in [6.45, 7) is 2.00. The lowest BCUT2D eigenvalue weighted by molar-refractivity contribution is -0.119. The van der Waals surface area contributed by atoms with Crippen molar-refractivity contribution in [1.29, 1.82) is 0 Å². The number of aromatic nitrogens is 2. The number of hydrogen-bond donors (Lipinski definition) is 2. The van der Waals surface area contributed by atoms with E-state index in [2.05, 4.69) is 10.3 Å². The number of piperazine rings is 1. The largest absolute Gasteiger partial charge is 0.494 e. The van der Waals surface area contributed by atoms with Crippen molar-refractivity contribution in [2.75, 3.05) is 45.2 Å². The molecule has 0 saturated carbocycles. The Bertz CT molecular complexity index is 1400.